The molecule has 1 aliphatic rings. The van der Waals surface area contributed by atoms with Gasteiger partial charge < -0.3 is 20.3 Å². The van der Waals surface area contributed by atoms with Gasteiger partial charge in [-0.2, -0.15) is 4.98 Å². The molecule has 7 heteroatoms. The van der Waals surface area contributed by atoms with E-state index in [9.17, 15) is 4.79 Å². The minimum atomic E-state index is -0.0772. The van der Waals surface area contributed by atoms with Crippen molar-refractivity contribution in [3.63, 3.8) is 0 Å². The molecule has 98 valence electrons. The summed E-state index contributed by atoms with van der Waals surface area (Å²) < 4.78 is 10.4. The summed E-state index contributed by atoms with van der Waals surface area (Å²) in [7, 11) is 0. The van der Waals surface area contributed by atoms with Gasteiger partial charge in [0, 0.05) is 5.56 Å². The van der Waals surface area contributed by atoms with Gasteiger partial charge in [0.25, 0.3) is 0 Å². The Morgan fingerprint density at radius 3 is 3.11 bits per heavy atom. The van der Waals surface area contributed by atoms with E-state index in [0.29, 0.717) is 36.2 Å². The molecule has 0 saturated carbocycles. The van der Waals surface area contributed by atoms with Gasteiger partial charge in [-0.15, -0.1) is 0 Å². The van der Waals surface area contributed by atoms with Gasteiger partial charge in [0.2, 0.25) is 17.6 Å². The molecule has 1 aromatic carbocycles. The van der Waals surface area contributed by atoms with Crippen molar-refractivity contribution in [3.05, 3.63) is 24.1 Å². The lowest BCUT2D eigenvalue weighted by molar-refractivity contribution is -0.116. The Morgan fingerprint density at radius 2 is 2.32 bits per heavy atom. The van der Waals surface area contributed by atoms with Crippen LogP contribution < -0.4 is 15.8 Å². The first kappa shape index (κ1) is 11.7. The number of nitrogens with zero attached hydrogens (tertiary/aromatic N) is 2. The summed E-state index contributed by atoms with van der Waals surface area (Å²) in [6, 6.07) is 5.33. The van der Waals surface area contributed by atoms with Crippen LogP contribution in [0.5, 0.6) is 5.75 Å². The smallest absolute Gasteiger partial charge is 0.240 e. The predicted octanol–water partition coefficient (Wildman–Crippen LogP) is 0.916. The summed E-state index contributed by atoms with van der Waals surface area (Å²) in [5.41, 5.74) is 6.76. The van der Waals surface area contributed by atoms with Crippen LogP contribution in [0.1, 0.15) is 12.3 Å². The second-order valence-electron chi connectivity index (χ2n) is 4.07. The third kappa shape index (κ3) is 2.27. The zero-order chi connectivity index (χ0) is 13.2. The molecule has 0 unspecified atom stereocenters. The van der Waals surface area contributed by atoms with E-state index in [4.69, 9.17) is 15.0 Å². The fourth-order valence-electron chi connectivity index (χ4n) is 1.81. The highest BCUT2D eigenvalue weighted by Gasteiger charge is 2.16. The lowest BCUT2D eigenvalue weighted by Gasteiger charge is -2.07. The zero-order valence-corrected chi connectivity index (χ0v) is 10.0. The normalized spacial score (nSPS) is 14.3. The second-order valence-corrected chi connectivity index (χ2v) is 4.07. The Morgan fingerprint density at radius 1 is 1.42 bits per heavy atom. The number of hydrogen-bond donors (Lipinski definition) is 2. The molecule has 2 aromatic rings. The predicted molar refractivity (Wildman–Crippen MR) is 66.4 cm³/mol. The van der Waals surface area contributed by atoms with Crippen LogP contribution in [0.25, 0.3) is 11.4 Å². The van der Waals surface area contributed by atoms with Gasteiger partial charge in [-0.3, -0.25) is 4.79 Å². The summed E-state index contributed by atoms with van der Waals surface area (Å²) in [5.74, 6) is 1.36. The van der Waals surface area contributed by atoms with E-state index in [1.807, 2.05) is 6.07 Å². The van der Waals surface area contributed by atoms with Crippen LogP contribution in [0, 0.1) is 0 Å². The van der Waals surface area contributed by atoms with Crippen molar-refractivity contribution in [3.8, 4) is 17.1 Å². The number of carbonyl (C=O) groups is 1. The maximum Gasteiger partial charge on any atom is 0.240 e. The van der Waals surface area contributed by atoms with Gasteiger partial charge in [-0.25, -0.2) is 0 Å². The van der Waals surface area contributed by atoms with Crippen molar-refractivity contribution < 1.29 is 14.1 Å². The molecule has 1 aliphatic heterocycles. The van der Waals surface area contributed by atoms with Gasteiger partial charge in [0.05, 0.1) is 25.3 Å². The van der Waals surface area contributed by atoms with Crippen LogP contribution in [0.3, 0.4) is 0 Å². The van der Waals surface area contributed by atoms with Crippen LogP contribution in [0.2, 0.25) is 0 Å². The van der Waals surface area contributed by atoms with Crippen molar-refractivity contribution in [2.75, 3.05) is 11.9 Å². The maximum absolute atomic E-state index is 11.5. The number of carbonyl (C=O) groups excluding carboxylic acids is 1. The highest BCUT2D eigenvalue weighted by atomic mass is 16.5. The van der Waals surface area contributed by atoms with E-state index in [1.54, 1.807) is 12.1 Å². The molecular formula is C12H12N4O3. The number of ether oxygens (including phenoxy) is 1. The molecule has 19 heavy (non-hydrogen) atoms. The Kier molecular flexibility index (Phi) is 2.88. The Hall–Kier alpha value is -2.41. The molecule has 0 bridgehead atoms. The highest BCUT2D eigenvalue weighted by molar-refractivity contribution is 5.93. The van der Waals surface area contributed by atoms with Crippen molar-refractivity contribution in [1.29, 1.82) is 0 Å². The number of nitrogens with one attached hydrogen (secondary N) is 1. The average molecular weight is 260 g/mol. The molecular weight excluding hydrogens is 248 g/mol. The van der Waals surface area contributed by atoms with E-state index in [2.05, 4.69) is 15.5 Å². The minimum Gasteiger partial charge on any atom is -0.491 e. The fraction of sp³-hybridized carbons (Fsp3) is 0.250. The fourth-order valence-corrected chi connectivity index (χ4v) is 1.81. The molecule has 0 saturated heterocycles. The van der Waals surface area contributed by atoms with Crippen LogP contribution in [0.4, 0.5) is 5.69 Å². The molecule has 2 heterocycles. The molecule has 0 spiro atoms. The third-order valence-electron chi connectivity index (χ3n) is 2.74. The number of aromatic nitrogens is 2. The van der Waals surface area contributed by atoms with Crippen LogP contribution >= 0.6 is 0 Å². The average Bonchev–Trinajstić information content (AvgIpc) is 2.81. The topological polar surface area (TPSA) is 103 Å². The lowest BCUT2D eigenvalue weighted by atomic mass is 10.1. The molecule has 0 aliphatic carbocycles. The first-order valence-electron chi connectivity index (χ1n) is 5.86. The molecule has 0 fully saturated rings. The van der Waals surface area contributed by atoms with Gasteiger partial charge in [-0.1, -0.05) is 5.16 Å². The number of hydrogen-bond acceptors (Lipinski definition) is 6. The summed E-state index contributed by atoms with van der Waals surface area (Å²) >= 11 is 0. The van der Waals surface area contributed by atoms with Crippen LogP contribution in [-0.4, -0.2) is 22.7 Å². The molecule has 3 rings (SSSR count). The zero-order valence-electron chi connectivity index (χ0n) is 10.0. The van der Waals surface area contributed by atoms with E-state index in [-0.39, 0.29) is 12.5 Å². The van der Waals surface area contributed by atoms with Crippen LogP contribution in [0.15, 0.2) is 22.7 Å². The monoisotopic (exact) mass is 260 g/mol. The molecule has 0 atom stereocenters. The Balaban J connectivity index is 1.98. The second kappa shape index (κ2) is 4.69. The molecule has 1 amide bonds. The van der Waals surface area contributed by atoms with Gasteiger partial charge in [0.1, 0.15) is 5.75 Å². The van der Waals surface area contributed by atoms with Gasteiger partial charge >= 0.3 is 0 Å². The largest absolute Gasteiger partial charge is 0.491 e. The first-order chi connectivity index (χ1) is 9.26. The highest BCUT2D eigenvalue weighted by Crippen LogP contribution is 2.31. The van der Waals surface area contributed by atoms with Crippen molar-refractivity contribution in [1.82, 2.24) is 10.1 Å². The van der Waals surface area contributed by atoms with E-state index < -0.39 is 0 Å². The van der Waals surface area contributed by atoms with E-state index in [1.165, 1.54) is 0 Å². The quantitative estimate of drug-likeness (QED) is 0.832. The lowest BCUT2D eigenvalue weighted by Crippen LogP contribution is -2.10. The van der Waals surface area contributed by atoms with Crippen molar-refractivity contribution >= 4 is 11.6 Å². The molecule has 7 nitrogen and oxygen atoms in total. The molecule has 0 radical (unpaired) electrons. The molecule has 3 N–H and O–H groups in total. The standard InChI is InChI=1S/C12H12N4O3/c13-6-11-15-12(16-19-11)7-1-2-9-8(5-7)14-10(17)3-4-18-9/h1-2,5H,3-4,6,13H2,(H,14,17). The summed E-state index contributed by atoms with van der Waals surface area (Å²) in [6.07, 6.45) is 0.337. The number of benzene rings is 1. The number of amides is 1. The van der Waals surface area contributed by atoms with Crippen molar-refractivity contribution in [2.45, 2.75) is 13.0 Å². The van der Waals surface area contributed by atoms with Crippen LogP contribution in [-0.2, 0) is 11.3 Å². The number of rotatable bonds is 2. The number of fused-ring (bicyclic) bond motifs is 1. The summed E-state index contributed by atoms with van der Waals surface area (Å²) in [4.78, 5) is 15.6. The van der Waals surface area contributed by atoms with Gasteiger partial charge in [-0.05, 0) is 18.2 Å². The minimum absolute atomic E-state index is 0.0772. The Labute approximate surface area is 108 Å². The number of anilines is 1. The maximum atomic E-state index is 11.5. The first-order valence-corrected chi connectivity index (χ1v) is 5.86. The summed E-state index contributed by atoms with van der Waals surface area (Å²) in [6.45, 7) is 0.565. The van der Waals surface area contributed by atoms with E-state index in [0.717, 1.165) is 5.56 Å². The van der Waals surface area contributed by atoms with E-state index >= 15 is 0 Å². The van der Waals surface area contributed by atoms with Crippen molar-refractivity contribution in [2.24, 2.45) is 5.73 Å². The Bertz CT molecular complexity index is 623. The third-order valence-corrected chi connectivity index (χ3v) is 2.74. The van der Waals surface area contributed by atoms with Gasteiger partial charge in [0.15, 0.2) is 0 Å². The summed E-state index contributed by atoms with van der Waals surface area (Å²) in [5, 5.41) is 6.61. The SMILES string of the molecule is NCc1nc(-c2ccc3c(c2)NC(=O)CCO3)no1. The molecule has 1 aromatic heterocycles. The number of nitrogens with two attached hydrogens (primary N) is 1.